The summed E-state index contributed by atoms with van der Waals surface area (Å²) in [5, 5.41) is 8.21. The Kier molecular flexibility index (Phi) is 3.07. The molecule has 1 fully saturated rings. The van der Waals surface area contributed by atoms with Crippen LogP contribution in [0.4, 0.5) is 0 Å². The summed E-state index contributed by atoms with van der Waals surface area (Å²) >= 11 is 0. The van der Waals surface area contributed by atoms with Crippen molar-refractivity contribution < 1.29 is 4.74 Å². The van der Waals surface area contributed by atoms with Crippen molar-refractivity contribution in [3.63, 3.8) is 0 Å². The smallest absolute Gasteiger partial charge is 0.274 e. The van der Waals surface area contributed by atoms with Gasteiger partial charge in [-0.1, -0.05) is 0 Å². The van der Waals surface area contributed by atoms with Gasteiger partial charge in [-0.15, -0.1) is 0 Å². The van der Waals surface area contributed by atoms with E-state index in [1.54, 1.807) is 25.6 Å². The second-order valence-electron chi connectivity index (χ2n) is 5.60. The Labute approximate surface area is 126 Å². The van der Waals surface area contributed by atoms with Crippen molar-refractivity contribution in [2.75, 3.05) is 6.61 Å². The largest absolute Gasteiger partial charge is 0.356 e. The standard InChI is InChI=1S/C15H17N5O2/c1-19-15(21)12(9-17-19)10-6-11-8-18-20(14(11)16-7-10)13-4-2-3-5-22-13/h6-9,13,17H,2-5H2,1H3. The van der Waals surface area contributed by atoms with Crippen molar-refractivity contribution in [3.05, 3.63) is 35.0 Å². The number of aryl methyl sites for hydroxylation is 1. The molecule has 1 aliphatic rings. The Morgan fingerprint density at radius 1 is 1.36 bits per heavy atom. The zero-order chi connectivity index (χ0) is 15.1. The van der Waals surface area contributed by atoms with Crippen LogP contribution in [0, 0.1) is 0 Å². The molecule has 0 aliphatic carbocycles. The van der Waals surface area contributed by atoms with E-state index in [4.69, 9.17) is 4.74 Å². The summed E-state index contributed by atoms with van der Waals surface area (Å²) < 4.78 is 9.05. The number of H-pyrrole nitrogens is 1. The lowest BCUT2D eigenvalue weighted by atomic mass is 10.1. The molecule has 22 heavy (non-hydrogen) atoms. The highest BCUT2D eigenvalue weighted by Crippen LogP contribution is 2.26. The Morgan fingerprint density at radius 2 is 2.27 bits per heavy atom. The van der Waals surface area contributed by atoms with Gasteiger partial charge in [-0.25, -0.2) is 9.67 Å². The minimum absolute atomic E-state index is 0.0373. The molecule has 0 amide bonds. The molecule has 0 aromatic carbocycles. The highest BCUT2D eigenvalue weighted by atomic mass is 16.5. The number of ether oxygens (including phenoxy) is 1. The van der Waals surface area contributed by atoms with E-state index in [1.807, 2.05) is 10.7 Å². The number of fused-ring (bicyclic) bond motifs is 1. The molecule has 114 valence electrons. The molecule has 0 saturated carbocycles. The maximum Gasteiger partial charge on any atom is 0.274 e. The van der Waals surface area contributed by atoms with E-state index in [-0.39, 0.29) is 11.8 Å². The Balaban J connectivity index is 1.76. The van der Waals surface area contributed by atoms with Gasteiger partial charge in [0.1, 0.15) is 0 Å². The first kappa shape index (κ1) is 13.3. The van der Waals surface area contributed by atoms with Crippen LogP contribution >= 0.6 is 0 Å². The van der Waals surface area contributed by atoms with Gasteiger partial charge in [-0.3, -0.25) is 9.48 Å². The number of pyridine rings is 1. The van der Waals surface area contributed by atoms with Crippen LogP contribution in [0.15, 0.2) is 29.5 Å². The lowest BCUT2D eigenvalue weighted by molar-refractivity contribution is -0.0370. The Bertz CT molecular complexity index is 870. The van der Waals surface area contributed by atoms with Gasteiger partial charge in [-0.05, 0) is 25.3 Å². The topological polar surface area (TPSA) is 77.7 Å². The van der Waals surface area contributed by atoms with Crippen molar-refractivity contribution in [1.29, 1.82) is 0 Å². The SMILES string of the molecule is Cn1[nH]cc(-c2cnc3c(cnn3C3CCCCO3)c2)c1=O. The molecule has 7 heteroatoms. The van der Waals surface area contributed by atoms with Crippen LogP contribution in [0.25, 0.3) is 22.2 Å². The lowest BCUT2D eigenvalue weighted by Crippen LogP contribution is -2.19. The molecule has 1 aliphatic heterocycles. The number of aromatic amines is 1. The predicted molar refractivity (Wildman–Crippen MR) is 81.4 cm³/mol. The summed E-state index contributed by atoms with van der Waals surface area (Å²) in [5.74, 6) is 0. The number of rotatable bonds is 2. The van der Waals surface area contributed by atoms with E-state index in [0.717, 1.165) is 42.5 Å². The summed E-state index contributed by atoms with van der Waals surface area (Å²) in [7, 11) is 1.69. The first-order valence-corrected chi connectivity index (χ1v) is 7.44. The second-order valence-corrected chi connectivity index (χ2v) is 5.60. The van der Waals surface area contributed by atoms with Crippen LogP contribution in [0.5, 0.6) is 0 Å². The van der Waals surface area contributed by atoms with Crippen LogP contribution in [0.3, 0.4) is 0 Å². The van der Waals surface area contributed by atoms with Crippen LogP contribution in [-0.2, 0) is 11.8 Å². The first-order valence-electron chi connectivity index (χ1n) is 7.44. The molecule has 1 atom stereocenters. The van der Waals surface area contributed by atoms with Crippen LogP contribution in [-0.4, -0.2) is 31.2 Å². The average molecular weight is 299 g/mol. The van der Waals surface area contributed by atoms with E-state index in [0.29, 0.717) is 5.56 Å². The summed E-state index contributed by atoms with van der Waals surface area (Å²) in [6.07, 6.45) is 8.35. The summed E-state index contributed by atoms with van der Waals surface area (Å²) in [5.41, 5.74) is 2.13. The van der Waals surface area contributed by atoms with Gasteiger partial charge >= 0.3 is 0 Å². The molecule has 7 nitrogen and oxygen atoms in total. The minimum Gasteiger partial charge on any atom is -0.356 e. The van der Waals surface area contributed by atoms with Gasteiger partial charge in [0, 0.05) is 37.0 Å². The van der Waals surface area contributed by atoms with E-state index in [2.05, 4.69) is 15.2 Å². The average Bonchev–Trinajstić information content (AvgIpc) is 3.12. The van der Waals surface area contributed by atoms with E-state index < -0.39 is 0 Å². The fraction of sp³-hybridized carbons (Fsp3) is 0.400. The van der Waals surface area contributed by atoms with E-state index >= 15 is 0 Å². The van der Waals surface area contributed by atoms with E-state index in [1.165, 1.54) is 4.68 Å². The predicted octanol–water partition coefficient (Wildman–Crippen LogP) is 1.82. The fourth-order valence-corrected chi connectivity index (χ4v) is 2.88. The Hall–Kier alpha value is -2.41. The molecule has 1 saturated heterocycles. The van der Waals surface area contributed by atoms with Crippen LogP contribution in [0.2, 0.25) is 0 Å². The number of nitrogens with zero attached hydrogens (tertiary/aromatic N) is 4. The van der Waals surface area contributed by atoms with Gasteiger partial charge in [0.2, 0.25) is 0 Å². The van der Waals surface area contributed by atoms with Crippen molar-refractivity contribution in [1.82, 2.24) is 24.5 Å². The number of aromatic nitrogens is 5. The van der Waals surface area contributed by atoms with Gasteiger partial charge in [-0.2, -0.15) is 5.10 Å². The van der Waals surface area contributed by atoms with Crippen molar-refractivity contribution in [3.8, 4) is 11.1 Å². The monoisotopic (exact) mass is 299 g/mol. The minimum atomic E-state index is -0.0656. The maximum atomic E-state index is 12.0. The third kappa shape index (κ3) is 2.05. The molecule has 0 radical (unpaired) electrons. The Morgan fingerprint density at radius 3 is 3.00 bits per heavy atom. The maximum absolute atomic E-state index is 12.0. The molecule has 0 bridgehead atoms. The molecular formula is C15H17N5O2. The molecule has 1 unspecified atom stereocenters. The van der Waals surface area contributed by atoms with Gasteiger partial charge in [0.15, 0.2) is 11.9 Å². The zero-order valence-corrected chi connectivity index (χ0v) is 12.3. The zero-order valence-electron chi connectivity index (χ0n) is 12.3. The molecule has 4 heterocycles. The highest BCUT2D eigenvalue weighted by molar-refractivity contribution is 5.80. The molecule has 3 aromatic heterocycles. The number of hydrogen-bond acceptors (Lipinski definition) is 4. The molecule has 3 aromatic rings. The van der Waals surface area contributed by atoms with Gasteiger partial charge in [0.25, 0.3) is 5.56 Å². The van der Waals surface area contributed by atoms with E-state index in [9.17, 15) is 4.79 Å². The molecule has 0 spiro atoms. The van der Waals surface area contributed by atoms with Gasteiger partial charge in [0.05, 0.1) is 11.8 Å². The van der Waals surface area contributed by atoms with Crippen molar-refractivity contribution >= 4 is 11.0 Å². The number of nitrogens with one attached hydrogen (secondary N) is 1. The summed E-state index contributed by atoms with van der Waals surface area (Å²) in [6.45, 7) is 0.767. The molecular weight excluding hydrogens is 282 g/mol. The summed E-state index contributed by atoms with van der Waals surface area (Å²) in [4.78, 5) is 16.5. The van der Waals surface area contributed by atoms with Crippen molar-refractivity contribution in [2.24, 2.45) is 7.05 Å². The third-order valence-corrected chi connectivity index (χ3v) is 4.11. The quantitative estimate of drug-likeness (QED) is 0.783. The van der Waals surface area contributed by atoms with Crippen LogP contribution in [0.1, 0.15) is 25.5 Å². The molecule has 1 N–H and O–H groups in total. The normalized spacial score (nSPS) is 18.9. The second kappa shape index (κ2) is 5.10. The van der Waals surface area contributed by atoms with Crippen molar-refractivity contribution in [2.45, 2.75) is 25.5 Å². The first-order chi connectivity index (χ1) is 10.7. The fourth-order valence-electron chi connectivity index (χ4n) is 2.88. The highest BCUT2D eigenvalue weighted by Gasteiger charge is 2.19. The van der Waals surface area contributed by atoms with Crippen LogP contribution < -0.4 is 5.56 Å². The number of hydrogen-bond donors (Lipinski definition) is 1. The van der Waals surface area contributed by atoms with Gasteiger partial charge < -0.3 is 9.84 Å². The molecule has 4 rings (SSSR count). The third-order valence-electron chi connectivity index (χ3n) is 4.11. The summed E-state index contributed by atoms with van der Waals surface area (Å²) in [6, 6.07) is 1.94. The lowest BCUT2D eigenvalue weighted by Gasteiger charge is -2.22.